The normalized spacial score (nSPS) is 12.1. The maximum absolute atomic E-state index is 9.33. The predicted molar refractivity (Wildman–Crippen MR) is 83.4 cm³/mol. The predicted octanol–water partition coefficient (Wildman–Crippen LogP) is 5.19. The summed E-state index contributed by atoms with van der Waals surface area (Å²) in [5.74, 6) is 0.343. The standard InChI is InChI=1S/C13H14Cl4O3/c1-8(2-4-19-5-3-12(16)17)20-13-10(14)6-9(18)7-11(13)15/h3,6-8,18H,2,4-5H2,1H3. The summed E-state index contributed by atoms with van der Waals surface area (Å²) in [6.07, 6.45) is 2.05. The Kier molecular flexibility index (Phi) is 7.85. The highest BCUT2D eigenvalue weighted by Gasteiger charge is 2.13. The van der Waals surface area contributed by atoms with Gasteiger partial charge in [-0.05, 0) is 13.0 Å². The van der Waals surface area contributed by atoms with Gasteiger partial charge in [0, 0.05) is 18.6 Å². The third-order valence-electron chi connectivity index (χ3n) is 2.33. The Bertz CT molecular complexity index is 450. The molecular formula is C13H14Cl4O3. The van der Waals surface area contributed by atoms with Crippen molar-refractivity contribution in [2.75, 3.05) is 13.2 Å². The number of ether oxygens (including phenoxy) is 2. The topological polar surface area (TPSA) is 38.7 Å². The van der Waals surface area contributed by atoms with Crippen molar-refractivity contribution in [2.45, 2.75) is 19.4 Å². The molecule has 0 aliphatic heterocycles. The van der Waals surface area contributed by atoms with Crippen LogP contribution in [0, 0.1) is 0 Å². The van der Waals surface area contributed by atoms with E-state index >= 15 is 0 Å². The average Bonchev–Trinajstić information content (AvgIpc) is 2.33. The molecule has 1 unspecified atom stereocenters. The van der Waals surface area contributed by atoms with E-state index in [-0.39, 0.29) is 26.4 Å². The first-order chi connectivity index (χ1) is 9.40. The van der Waals surface area contributed by atoms with Gasteiger partial charge >= 0.3 is 0 Å². The summed E-state index contributed by atoms with van der Waals surface area (Å²) in [5, 5.41) is 9.85. The highest BCUT2D eigenvalue weighted by molar-refractivity contribution is 6.55. The number of halogens is 4. The van der Waals surface area contributed by atoms with Crippen molar-refractivity contribution in [1.29, 1.82) is 0 Å². The van der Waals surface area contributed by atoms with Crippen molar-refractivity contribution >= 4 is 46.4 Å². The average molecular weight is 360 g/mol. The summed E-state index contributed by atoms with van der Waals surface area (Å²) in [7, 11) is 0. The maximum Gasteiger partial charge on any atom is 0.157 e. The molecule has 0 bridgehead atoms. The van der Waals surface area contributed by atoms with Gasteiger partial charge in [-0.3, -0.25) is 0 Å². The molecule has 20 heavy (non-hydrogen) atoms. The highest BCUT2D eigenvalue weighted by Crippen LogP contribution is 2.37. The molecule has 0 spiro atoms. The van der Waals surface area contributed by atoms with Crippen LogP contribution in [0.15, 0.2) is 22.7 Å². The molecule has 1 atom stereocenters. The molecule has 1 rings (SSSR count). The first-order valence-corrected chi connectivity index (χ1v) is 7.35. The fourth-order valence-electron chi connectivity index (χ4n) is 1.37. The zero-order chi connectivity index (χ0) is 15.1. The lowest BCUT2D eigenvalue weighted by Gasteiger charge is -2.17. The van der Waals surface area contributed by atoms with Crippen LogP contribution in [0.2, 0.25) is 10.0 Å². The van der Waals surface area contributed by atoms with E-state index in [1.807, 2.05) is 6.92 Å². The summed E-state index contributed by atoms with van der Waals surface area (Å²) in [5.41, 5.74) is 0. The minimum atomic E-state index is -0.148. The molecule has 1 aromatic carbocycles. The molecule has 0 radical (unpaired) electrons. The molecule has 0 saturated heterocycles. The van der Waals surface area contributed by atoms with Crippen LogP contribution in [-0.2, 0) is 4.74 Å². The van der Waals surface area contributed by atoms with Crippen LogP contribution in [0.1, 0.15) is 13.3 Å². The van der Waals surface area contributed by atoms with Crippen LogP contribution >= 0.6 is 46.4 Å². The molecule has 7 heteroatoms. The first kappa shape index (κ1) is 17.7. The van der Waals surface area contributed by atoms with E-state index in [9.17, 15) is 5.11 Å². The second-order valence-electron chi connectivity index (χ2n) is 4.02. The lowest BCUT2D eigenvalue weighted by atomic mass is 10.3. The number of phenolic OH excluding ortho intramolecular Hbond substituents is 1. The molecule has 0 amide bonds. The third kappa shape index (κ3) is 6.42. The number of hydrogen-bond acceptors (Lipinski definition) is 3. The molecule has 1 aromatic rings. The van der Waals surface area contributed by atoms with Crippen molar-refractivity contribution in [3.05, 3.63) is 32.7 Å². The zero-order valence-corrected chi connectivity index (χ0v) is 13.7. The highest BCUT2D eigenvalue weighted by atomic mass is 35.5. The van der Waals surface area contributed by atoms with Gasteiger partial charge < -0.3 is 14.6 Å². The number of benzene rings is 1. The van der Waals surface area contributed by atoms with E-state index in [0.29, 0.717) is 25.4 Å². The molecule has 3 nitrogen and oxygen atoms in total. The molecule has 0 saturated carbocycles. The molecule has 0 aliphatic carbocycles. The Hall–Kier alpha value is -0.320. The van der Waals surface area contributed by atoms with Crippen LogP contribution in [-0.4, -0.2) is 24.4 Å². The van der Waals surface area contributed by atoms with E-state index in [1.165, 1.54) is 12.1 Å². The molecule has 0 fully saturated rings. The molecular weight excluding hydrogens is 346 g/mol. The monoisotopic (exact) mass is 358 g/mol. The summed E-state index contributed by atoms with van der Waals surface area (Å²) in [6.45, 7) is 2.69. The van der Waals surface area contributed by atoms with Crippen LogP contribution in [0.5, 0.6) is 11.5 Å². The molecule has 112 valence electrons. The summed E-state index contributed by atoms with van der Waals surface area (Å²) < 4.78 is 11.1. The van der Waals surface area contributed by atoms with Gasteiger partial charge in [0.15, 0.2) is 5.75 Å². The van der Waals surface area contributed by atoms with Crippen molar-refractivity contribution in [2.24, 2.45) is 0 Å². The lowest BCUT2D eigenvalue weighted by Crippen LogP contribution is -2.15. The second kappa shape index (κ2) is 8.85. The van der Waals surface area contributed by atoms with Crippen molar-refractivity contribution < 1.29 is 14.6 Å². The number of aromatic hydroxyl groups is 1. The minimum absolute atomic E-state index is 0.00641. The maximum atomic E-state index is 9.33. The molecule has 0 aliphatic rings. The van der Waals surface area contributed by atoms with Crippen LogP contribution in [0.25, 0.3) is 0 Å². The van der Waals surface area contributed by atoms with Gasteiger partial charge in [0.25, 0.3) is 0 Å². The lowest BCUT2D eigenvalue weighted by molar-refractivity contribution is 0.115. The first-order valence-electron chi connectivity index (χ1n) is 5.83. The zero-order valence-electron chi connectivity index (χ0n) is 10.7. The fraction of sp³-hybridized carbons (Fsp3) is 0.385. The van der Waals surface area contributed by atoms with E-state index in [4.69, 9.17) is 55.9 Å². The SMILES string of the molecule is CC(CCOCC=C(Cl)Cl)Oc1c(Cl)cc(O)cc1Cl. The van der Waals surface area contributed by atoms with E-state index in [2.05, 4.69) is 0 Å². The summed E-state index contributed by atoms with van der Waals surface area (Å²) in [6, 6.07) is 2.75. The quantitative estimate of drug-likeness (QED) is 0.680. The third-order valence-corrected chi connectivity index (χ3v) is 3.20. The van der Waals surface area contributed by atoms with Crippen LogP contribution < -0.4 is 4.74 Å². The Balaban J connectivity index is 2.43. The minimum Gasteiger partial charge on any atom is -0.508 e. The van der Waals surface area contributed by atoms with Gasteiger partial charge in [0.2, 0.25) is 0 Å². The van der Waals surface area contributed by atoms with Crippen molar-refractivity contribution in [3.63, 3.8) is 0 Å². The Morgan fingerprint density at radius 1 is 1.30 bits per heavy atom. The van der Waals surface area contributed by atoms with Crippen LogP contribution in [0.4, 0.5) is 0 Å². The fourth-order valence-corrected chi connectivity index (χ4v) is 2.06. The smallest absolute Gasteiger partial charge is 0.157 e. The summed E-state index contributed by atoms with van der Waals surface area (Å²) in [4.78, 5) is 0. The van der Waals surface area contributed by atoms with Gasteiger partial charge in [-0.25, -0.2) is 0 Å². The van der Waals surface area contributed by atoms with E-state index < -0.39 is 0 Å². The largest absolute Gasteiger partial charge is 0.508 e. The summed E-state index contributed by atoms with van der Waals surface area (Å²) >= 11 is 22.8. The van der Waals surface area contributed by atoms with Crippen molar-refractivity contribution in [3.8, 4) is 11.5 Å². The van der Waals surface area contributed by atoms with E-state index in [1.54, 1.807) is 6.08 Å². The number of hydrogen-bond donors (Lipinski definition) is 1. The molecule has 1 N–H and O–H groups in total. The van der Waals surface area contributed by atoms with Gasteiger partial charge in [-0.15, -0.1) is 0 Å². The van der Waals surface area contributed by atoms with Crippen LogP contribution in [0.3, 0.4) is 0 Å². The van der Waals surface area contributed by atoms with Gasteiger partial charge in [0.05, 0.1) is 29.4 Å². The Labute approximate surface area is 138 Å². The van der Waals surface area contributed by atoms with Gasteiger partial charge in [-0.1, -0.05) is 46.4 Å². The van der Waals surface area contributed by atoms with E-state index in [0.717, 1.165) is 0 Å². The molecule has 0 heterocycles. The van der Waals surface area contributed by atoms with Crippen molar-refractivity contribution in [1.82, 2.24) is 0 Å². The molecule has 0 aromatic heterocycles. The van der Waals surface area contributed by atoms with Gasteiger partial charge in [0.1, 0.15) is 10.2 Å². The Morgan fingerprint density at radius 2 is 1.90 bits per heavy atom. The number of phenols is 1. The van der Waals surface area contributed by atoms with Gasteiger partial charge in [-0.2, -0.15) is 0 Å². The second-order valence-corrected chi connectivity index (χ2v) is 5.85. The number of rotatable bonds is 7. The Morgan fingerprint density at radius 3 is 2.45 bits per heavy atom.